The van der Waals surface area contributed by atoms with E-state index in [0.29, 0.717) is 0 Å². The van der Waals surface area contributed by atoms with Gasteiger partial charge in [-0.15, -0.1) is 0 Å². The average molecular weight is 164 g/mol. The van der Waals surface area contributed by atoms with Crippen LogP contribution in [0.25, 0.3) is 0 Å². The van der Waals surface area contributed by atoms with Crippen molar-refractivity contribution in [1.82, 2.24) is 0 Å². The Morgan fingerprint density at radius 2 is 2.25 bits per heavy atom. The van der Waals surface area contributed by atoms with Crippen LogP contribution in [-0.2, 0) is 9.47 Å². The predicted molar refractivity (Wildman–Crippen MR) is 45.9 cm³/mol. The van der Waals surface area contributed by atoms with Gasteiger partial charge < -0.3 is 9.47 Å². The third-order valence-electron chi connectivity index (χ3n) is 1.57. The molecule has 1 rings (SSSR count). The number of ether oxygens (including phenoxy) is 2. The van der Waals surface area contributed by atoms with Crippen molar-refractivity contribution in [3.63, 3.8) is 0 Å². The third kappa shape index (κ3) is 3.32. The molecule has 0 amide bonds. The molecule has 0 radical (unpaired) electrons. The van der Waals surface area contributed by atoms with Crippen molar-refractivity contribution in [2.45, 2.75) is 32.5 Å². The van der Waals surface area contributed by atoms with Crippen LogP contribution in [0.15, 0.2) is 0 Å². The lowest BCUT2D eigenvalue weighted by molar-refractivity contribution is -0.121. The Kier molecular flexibility index (Phi) is 4.13. The standard InChI is InChI=1S/C10H12O2/c1-2-3-5-8-11-10-7-4-6-9-12-10/h10H,4,6-7,9H2,1H3. The first-order chi connectivity index (χ1) is 5.93. The second-order valence-electron chi connectivity index (χ2n) is 2.52. The lowest BCUT2D eigenvalue weighted by Gasteiger charge is -2.19. The van der Waals surface area contributed by atoms with Gasteiger partial charge >= 0.3 is 0 Å². The highest BCUT2D eigenvalue weighted by Gasteiger charge is 2.12. The molecule has 1 atom stereocenters. The summed E-state index contributed by atoms with van der Waals surface area (Å²) >= 11 is 0. The smallest absolute Gasteiger partial charge is 0.210 e. The summed E-state index contributed by atoms with van der Waals surface area (Å²) in [7, 11) is 0. The second kappa shape index (κ2) is 5.52. The quantitative estimate of drug-likeness (QED) is 0.547. The normalized spacial score (nSPS) is 21.2. The molecule has 0 aromatic rings. The Balaban J connectivity index is 2.21. The predicted octanol–water partition coefficient (Wildman–Crippen LogP) is 1.51. The Bertz CT molecular complexity index is 230. The molecule has 0 saturated carbocycles. The SMILES string of the molecule is CC#CC#COC1CCCCO1. The number of hydrogen-bond donors (Lipinski definition) is 0. The summed E-state index contributed by atoms with van der Waals surface area (Å²) in [6.45, 7) is 2.53. The second-order valence-corrected chi connectivity index (χ2v) is 2.52. The largest absolute Gasteiger partial charge is 0.414 e. The maximum atomic E-state index is 5.29. The van der Waals surface area contributed by atoms with Gasteiger partial charge in [-0.2, -0.15) is 0 Å². The summed E-state index contributed by atoms with van der Waals surface area (Å²) < 4.78 is 10.4. The Hall–Kier alpha value is -1.12. The van der Waals surface area contributed by atoms with Gasteiger partial charge in [0.25, 0.3) is 0 Å². The molecular formula is C10H12O2. The molecule has 0 N–H and O–H groups in total. The summed E-state index contributed by atoms with van der Waals surface area (Å²) in [4.78, 5) is 0. The van der Waals surface area contributed by atoms with Gasteiger partial charge in [-0.1, -0.05) is 5.92 Å². The van der Waals surface area contributed by atoms with Crippen LogP contribution in [0.3, 0.4) is 0 Å². The molecule has 0 aromatic carbocycles. The molecule has 2 nitrogen and oxygen atoms in total. The van der Waals surface area contributed by atoms with Gasteiger partial charge in [0.1, 0.15) is 6.11 Å². The van der Waals surface area contributed by atoms with Crippen LogP contribution >= 0.6 is 0 Å². The molecule has 2 heteroatoms. The van der Waals surface area contributed by atoms with Crippen LogP contribution in [0, 0.1) is 23.9 Å². The molecule has 0 aromatic heterocycles. The highest BCUT2D eigenvalue weighted by molar-refractivity contribution is 5.22. The van der Waals surface area contributed by atoms with Crippen LogP contribution in [0.1, 0.15) is 26.2 Å². The van der Waals surface area contributed by atoms with E-state index in [1.165, 1.54) is 0 Å². The third-order valence-corrected chi connectivity index (χ3v) is 1.57. The Morgan fingerprint density at radius 3 is 2.92 bits per heavy atom. The van der Waals surface area contributed by atoms with Gasteiger partial charge in [-0.25, -0.2) is 0 Å². The first-order valence-corrected chi connectivity index (χ1v) is 4.12. The van der Waals surface area contributed by atoms with Crippen molar-refractivity contribution in [2.24, 2.45) is 0 Å². The van der Waals surface area contributed by atoms with Crippen molar-refractivity contribution < 1.29 is 9.47 Å². The molecule has 1 fully saturated rings. The topological polar surface area (TPSA) is 18.5 Å². The van der Waals surface area contributed by atoms with Crippen molar-refractivity contribution in [3.8, 4) is 23.9 Å². The maximum absolute atomic E-state index is 5.29. The highest BCUT2D eigenvalue weighted by atomic mass is 16.7. The van der Waals surface area contributed by atoms with E-state index < -0.39 is 0 Å². The van der Waals surface area contributed by atoms with E-state index >= 15 is 0 Å². The van der Waals surface area contributed by atoms with E-state index in [-0.39, 0.29) is 6.29 Å². The van der Waals surface area contributed by atoms with Crippen molar-refractivity contribution >= 4 is 0 Å². The van der Waals surface area contributed by atoms with Crippen molar-refractivity contribution in [2.75, 3.05) is 6.61 Å². The van der Waals surface area contributed by atoms with Gasteiger partial charge in [-0.3, -0.25) is 0 Å². The van der Waals surface area contributed by atoms with E-state index in [0.717, 1.165) is 25.9 Å². The minimum atomic E-state index is -0.134. The van der Waals surface area contributed by atoms with Crippen LogP contribution in [0.2, 0.25) is 0 Å². The fraction of sp³-hybridized carbons (Fsp3) is 0.600. The summed E-state index contributed by atoms with van der Waals surface area (Å²) in [5.41, 5.74) is 0. The van der Waals surface area contributed by atoms with Crippen LogP contribution in [0.4, 0.5) is 0 Å². The average Bonchev–Trinajstić information content (AvgIpc) is 2.14. The summed E-state index contributed by atoms with van der Waals surface area (Å²) in [6, 6.07) is 0. The van der Waals surface area contributed by atoms with Crippen molar-refractivity contribution in [1.29, 1.82) is 0 Å². The highest BCUT2D eigenvalue weighted by Crippen LogP contribution is 2.12. The van der Waals surface area contributed by atoms with Crippen LogP contribution < -0.4 is 0 Å². The fourth-order valence-corrected chi connectivity index (χ4v) is 0.987. The van der Waals surface area contributed by atoms with E-state index in [1.54, 1.807) is 6.92 Å². The molecule has 0 aliphatic carbocycles. The van der Waals surface area contributed by atoms with Gasteiger partial charge in [0.15, 0.2) is 0 Å². The zero-order chi connectivity index (χ0) is 8.65. The number of hydrogen-bond acceptors (Lipinski definition) is 2. The van der Waals surface area contributed by atoms with E-state index in [4.69, 9.17) is 9.47 Å². The molecule has 1 heterocycles. The Labute approximate surface area is 73.2 Å². The molecule has 1 aliphatic heterocycles. The van der Waals surface area contributed by atoms with Crippen LogP contribution in [0.5, 0.6) is 0 Å². The molecule has 1 saturated heterocycles. The zero-order valence-electron chi connectivity index (χ0n) is 7.22. The molecule has 1 unspecified atom stereocenters. The van der Waals surface area contributed by atoms with Crippen molar-refractivity contribution in [3.05, 3.63) is 0 Å². The molecular weight excluding hydrogens is 152 g/mol. The lowest BCUT2D eigenvalue weighted by atomic mass is 10.2. The lowest BCUT2D eigenvalue weighted by Crippen LogP contribution is -2.20. The molecule has 64 valence electrons. The molecule has 0 spiro atoms. The summed E-state index contributed by atoms with van der Waals surface area (Å²) in [5, 5.41) is 0. The molecule has 12 heavy (non-hydrogen) atoms. The maximum Gasteiger partial charge on any atom is 0.210 e. The van der Waals surface area contributed by atoms with E-state index in [1.807, 2.05) is 0 Å². The van der Waals surface area contributed by atoms with Gasteiger partial charge in [0, 0.05) is 12.3 Å². The fourth-order valence-electron chi connectivity index (χ4n) is 0.987. The molecule has 1 aliphatic rings. The van der Waals surface area contributed by atoms with E-state index in [9.17, 15) is 0 Å². The summed E-state index contributed by atoms with van der Waals surface area (Å²) in [5.74, 6) is 7.83. The first-order valence-electron chi connectivity index (χ1n) is 4.12. The van der Waals surface area contributed by atoms with E-state index in [2.05, 4.69) is 23.9 Å². The van der Waals surface area contributed by atoms with Gasteiger partial charge in [0.05, 0.1) is 6.61 Å². The zero-order valence-corrected chi connectivity index (χ0v) is 7.22. The van der Waals surface area contributed by atoms with Gasteiger partial charge in [-0.05, 0) is 25.7 Å². The first kappa shape index (κ1) is 8.97. The van der Waals surface area contributed by atoms with Gasteiger partial charge in [0.2, 0.25) is 6.29 Å². The van der Waals surface area contributed by atoms with Crippen LogP contribution in [-0.4, -0.2) is 12.9 Å². The Morgan fingerprint density at radius 1 is 1.33 bits per heavy atom. The minimum Gasteiger partial charge on any atom is -0.414 e. The number of rotatable bonds is 1. The summed E-state index contributed by atoms with van der Waals surface area (Å²) in [6.07, 6.45) is 5.60. The minimum absolute atomic E-state index is 0.134. The molecule has 0 bridgehead atoms. The monoisotopic (exact) mass is 164 g/mol.